The topological polar surface area (TPSA) is 105 Å². The van der Waals surface area contributed by atoms with Crippen LogP contribution in [0, 0.1) is 0 Å². The van der Waals surface area contributed by atoms with E-state index in [2.05, 4.69) is 20.3 Å². The molecule has 0 saturated heterocycles. The molecule has 0 amide bonds. The molecule has 27 heavy (non-hydrogen) atoms. The molecule has 0 saturated carbocycles. The van der Waals surface area contributed by atoms with Gasteiger partial charge in [0.25, 0.3) is 0 Å². The number of nitrogens with one attached hydrogen (secondary N) is 3. The molecule has 2 rings (SSSR count). The van der Waals surface area contributed by atoms with Crippen LogP contribution in [0.15, 0.2) is 57.0 Å². The third-order valence-electron chi connectivity index (χ3n) is 3.61. The van der Waals surface area contributed by atoms with Gasteiger partial charge in [0.2, 0.25) is 10.0 Å². The smallest absolute Gasteiger partial charge is 0.240 e. The first kappa shape index (κ1) is 20.9. The minimum atomic E-state index is -3.52. The summed E-state index contributed by atoms with van der Waals surface area (Å²) in [5.74, 6) is 1.47. The molecule has 0 fully saturated rings. The van der Waals surface area contributed by atoms with E-state index in [1.54, 1.807) is 30.5 Å². The summed E-state index contributed by atoms with van der Waals surface area (Å²) in [7, 11) is -2.00. The van der Waals surface area contributed by atoms with Crippen molar-refractivity contribution < 1.29 is 17.6 Å². The van der Waals surface area contributed by atoms with Gasteiger partial charge in [-0.3, -0.25) is 0 Å². The van der Waals surface area contributed by atoms with E-state index in [0.29, 0.717) is 25.7 Å². The van der Waals surface area contributed by atoms with E-state index >= 15 is 0 Å². The van der Waals surface area contributed by atoms with Gasteiger partial charge in [-0.05, 0) is 36.8 Å². The Bertz CT molecular complexity index is 802. The van der Waals surface area contributed by atoms with E-state index in [1.807, 2.05) is 19.1 Å². The van der Waals surface area contributed by atoms with Crippen LogP contribution in [0.1, 0.15) is 18.2 Å². The Morgan fingerprint density at radius 3 is 2.59 bits per heavy atom. The van der Waals surface area contributed by atoms with Crippen LogP contribution >= 0.6 is 0 Å². The van der Waals surface area contributed by atoms with Crippen LogP contribution in [-0.2, 0) is 27.8 Å². The lowest BCUT2D eigenvalue weighted by molar-refractivity contribution is 0.204. The number of ether oxygens (including phenoxy) is 1. The predicted molar refractivity (Wildman–Crippen MR) is 104 cm³/mol. The van der Waals surface area contributed by atoms with E-state index in [1.165, 1.54) is 7.11 Å². The van der Waals surface area contributed by atoms with Crippen LogP contribution in [0.3, 0.4) is 0 Å². The zero-order valence-corrected chi connectivity index (χ0v) is 16.4. The lowest BCUT2D eigenvalue weighted by Gasteiger charge is -2.10. The molecule has 0 unspecified atom stereocenters. The van der Waals surface area contributed by atoms with Crippen LogP contribution in [0.5, 0.6) is 0 Å². The average Bonchev–Trinajstić information content (AvgIpc) is 3.18. The summed E-state index contributed by atoms with van der Waals surface area (Å²) in [5.41, 5.74) is 0.904. The van der Waals surface area contributed by atoms with Crippen molar-refractivity contribution >= 4 is 16.0 Å². The molecule has 1 aromatic heterocycles. The minimum Gasteiger partial charge on any atom is -0.467 e. The summed E-state index contributed by atoms with van der Waals surface area (Å²) < 4.78 is 36.9. The fraction of sp³-hybridized carbons (Fsp3) is 0.389. The molecular formula is C18H26N4O4S. The van der Waals surface area contributed by atoms with Crippen molar-refractivity contribution in [2.75, 3.05) is 26.8 Å². The first-order chi connectivity index (χ1) is 13.0. The van der Waals surface area contributed by atoms with Gasteiger partial charge >= 0.3 is 0 Å². The van der Waals surface area contributed by atoms with Gasteiger partial charge in [0, 0.05) is 20.2 Å². The summed E-state index contributed by atoms with van der Waals surface area (Å²) in [4.78, 5) is 4.72. The Balaban J connectivity index is 1.95. The first-order valence-corrected chi connectivity index (χ1v) is 10.2. The molecule has 0 spiro atoms. The summed E-state index contributed by atoms with van der Waals surface area (Å²) in [6, 6.07) is 10.4. The molecule has 2 aromatic rings. The van der Waals surface area contributed by atoms with Crippen molar-refractivity contribution in [3.05, 3.63) is 54.0 Å². The zero-order chi connectivity index (χ0) is 19.5. The molecule has 0 bridgehead atoms. The summed E-state index contributed by atoms with van der Waals surface area (Å²) in [5, 5.41) is 6.34. The van der Waals surface area contributed by atoms with Gasteiger partial charge in [0.15, 0.2) is 5.96 Å². The van der Waals surface area contributed by atoms with Gasteiger partial charge in [0.05, 0.1) is 30.9 Å². The molecule has 0 atom stereocenters. The fourth-order valence-electron chi connectivity index (χ4n) is 2.23. The first-order valence-electron chi connectivity index (χ1n) is 8.67. The van der Waals surface area contributed by atoms with Crippen molar-refractivity contribution in [2.45, 2.75) is 24.9 Å². The molecule has 0 aliphatic heterocycles. The number of furan rings is 1. The molecule has 0 radical (unpaired) electrons. The van der Waals surface area contributed by atoms with Crippen molar-refractivity contribution in [1.82, 2.24) is 15.4 Å². The fourth-order valence-corrected chi connectivity index (χ4v) is 3.24. The molecule has 3 N–H and O–H groups in total. The van der Waals surface area contributed by atoms with Crippen LogP contribution in [-0.4, -0.2) is 41.2 Å². The Morgan fingerprint density at radius 2 is 1.96 bits per heavy atom. The number of methoxy groups -OCH3 is 1. The molecule has 0 aliphatic carbocycles. The number of benzene rings is 1. The Hall–Kier alpha value is -2.36. The van der Waals surface area contributed by atoms with E-state index in [0.717, 1.165) is 17.9 Å². The molecule has 1 aromatic carbocycles. The standard InChI is InChI=1S/C18H26N4O4S/c1-3-19-18(21-14-16-5-4-11-26-16)20-13-15-6-8-17(9-7-15)27(23,24)22-10-12-25-2/h4-9,11,22H,3,10,12-14H2,1-2H3,(H2,19,20,21). The van der Waals surface area contributed by atoms with Crippen LogP contribution in [0.25, 0.3) is 0 Å². The largest absolute Gasteiger partial charge is 0.467 e. The SMILES string of the molecule is CCNC(=NCc1ccc(S(=O)(=O)NCCOC)cc1)NCc1ccco1. The van der Waals surface area contributed by atoms with E-state index in [9.17, 15) is 8.42 Å². The Labute approximate surface area is 160 Å². The maximum atomic E-state index is 12.1. The zero-order valence-electron chi connectivity index (χ0n) is 15.6. The van der Waals surface area contributed by atoms with Crippen LogP contribution in [0.4, 0.5) is 0 Å². The molecular weight excluding hydrogens is 368 g/mol. The second-order valence-corrected chi connectivity index (χ2v) is 7.43. The average molecular weight is 394 g/mol. The van der Waals surface area contributed by atoms with E-state index in [-0.39, 0.29) is 11.4 Å². The van der Waals surface area contributed by atoms with Gasteiger partial charge in [-0.1, -0.05) is 12.1 Å². The summed E-state index contributed by atoms with van der Waals surface area (Å²) >= 11 is 0. The minimum absolute atomic E-state index is 0.217. The predicted octanol–water partition coefficient (Wildman–Crippen LogP) is 1.46. The highest BCUT2D eigenvalue weighted by Gasteiger charge is 2.12. The van der Waals surface area contributed by atoms with Crippen LogP contribution in [0.2, 0.25) is 0 Å². The van der Waals surface area contributed by atoms with Gasteiger partial charge in [-0.25, -0.2) is 18.1 Å². The van der Waals surface area contributed by atoms with Gasteiger partial charge in [-0.2, -0.15) is 0 Å². The monoisotopic (exact) mass is 394 g/mol. The number of hydrogen-bond acceptors (Lipinski definition) is 5. The second-order valence-electron chi connectivity index (χ2n) is 5.66. The Morgan fingerprint density at radius 1 is 1.19 bits per heavy atom. The normalized spacial score (nSPS) is 12.1. The lowest BCUT2D eigenvalue weighted by atomic mass is 10.2. The lowest BCUT2D eigenvalue weighted by Crippen LogP contribution is -2.36. The third kappa shape index (κ3) is 7.05. The van der Waals surface area contributed by atoms with Gasteiger partial charge in [0.1, 0.15) is 5.76 Å². The van der Waals surface area contributed by atoms with Crippen molar-refractivity contribution in [3.63, 3.8) is 0 Å². The molecule has 9 heteroatoms. The molecule has 8 nitrogen and oxygen atoms in total. The Kier molecular flexibility index (Phi) is 8.31. The number of sulfonamides is 1. The van der Waals surface area contributed by atoms with E-state index in [4.69, 9.17) is 9.15 Å². The third-order valence-corrected chi connectivity index (χ3v) is 5.08. The van der Waals surface area contributed by atoms with E-state index < -0.39 is 10.0 Å². The maximum absolute atomic E-state index is 12.1. The number of guanidine groups is 1. The number of nitrogens with zero attached hydrogens (tertiary/aromatic N) is 1. The maximum Gasteiger partial charge on any atom is 0.240 e. The molecule has 148 valence electrons. The summed E-state index contributed by atoms with van der Waals surface area (Å²) in [6.07, 6.45) is 1.63. The number of rotatable bonds is 10. The highest BCUT2D eigenvalue weighted by atomic mass is 32.2. The second kappa shape index (κ2) is 10.7. The van der Waals surface area contributed by atoms with Crippen molar-refractivity contribution in [1.29, 1.82) is 0 Å². The van der Waals surface area contributed by atoms with Crippen molar-refractivity contribution in [2.24, 2.45) is 4.99 Å². The molecule has 0 aliphatic rings. The summed E-state index contributed by atoms with van der Waals surface area (Å²) in [6.45, 7) is 4.23. The quantitative estimate of drug-likeness (QED) is 0.320. The number of aliphatic imine (C=N–C) groups is 1. The highest BCUT2D eigenvalue weighted by Crippen LogP contribution is 2.11. The van der Waals surface area contributed by atoms with Gasteiger partial charge < -0.3 is 19.8 Å². The van der Waals surface area contributed by atoms with Crippen molar-refractivity contribution in [3.8, 4) is 0 Å². The highest BCUT2D eigenvalue weighted by molar-refractivity contribution is 7.89. The number of hydrogen-bond donors (Lipinski definition) is 3. The van der Waals surface area contributed by atoms with Gasteiger partial charge in [-0.15, -0.1) is 0 Å². The molecule has 1 heterocycles. The van der Waals surface area contributed by atoms with Crippen LogP contribution < -0.4 is 15.4 Å².